The predicted octanol–water partition coefficient (Wildman–Crippen LogP) is 3.50. The Balaban J connectivity index is 2.09. The Morgan fingerprint density at radius 1 is 1.41 bits per heavy atom. The molecule has 0 saturated heterocycles. The van der Waals surface area contributed by atoms with Crippen LogP contribution in [-0.4, -0.2) is 17.0 Å². The number of aliphatic imine (C=N–C) groups is 1. The quantitative estimate of drug-likeness (QED) is 0.875. The standard InChI is InChI=1S/C12H14F2N2S/c1-7(2)11-6-17-12(16-11)15-10-4-3-8(13)5-9(10)14/h3-5,7,11H,6H2,1-2H3,(H,15,16)/t11-/m1/s1. The van der Waals surface area contributed by atoms with Gasteiger partial charge < -0.3 is 5.32 Å². The largest absolute Gasteiger partial charge is 0.333 e. The van der Waals surface area contributed by atoms with Crippen molar-refractivity contribution in [3.05, 3.63) is 29.8 Å². The molecule has 0 aliphatic carbocycles. The highest BCUT2D eigenvalue weighted by Crippen LogP contribution is 2.25. The van der Waals surface area contributed by atoms with Crippen LogP contribution in [0.1, 0.15) is 13.8 Å². The SMILES string of the molecule is CC(C)[C@H]1CSC(Nc2ccc(F)cc2F)=N1. The molecule has 1 aromatic rings. The Labute approximate surface area is 104 Å². The van der Waals surface area contributed by atoms with E-state index in [0.717, 1.165) is 11.8 Å². The topological polar surface area (TPSA) is 24.4 Å². The summed E-state index contributed by atoms with van der Waals surface area (Å²) in [6.07, 6.45) is 0. The fraction of sp³-hybridized carbons (Fsp3) is 0.417. The summed E-state index contributed by atoms with van der Waals surface area (Å²) in [5, 5.41) is 3.60. The van der Waals surface area contributed by atoms with Crippen molar-refractivity contribution >= 4 is 22.6 Å². The molecule has 0 saturated carbocycles. The molecular weight excluding hydrogens is 242 g/mol. The van der Waals surface area contributed by atoms with Gasteiger partial charge in [-0.15, -0.1) is 0 Å². The van der Waals surface area contributed by atoms with E-state index in [1.165, 1.54) is 12.1 Å². The van der Waals surface area contributed by atoms with Gasteiger partial charge in [-0.25, -0.2) is 8.78 Å². The second kappa shape index (κ2) is 5.04. The Bertz CT molecular complexity index is 446. The van der Waals surface area contributed by atoms with E-state index >= 15 is 0 Å². The lowest BCUT2D eigenvalue weighted by Gasteiger charge is -2.08. The zero-order valence-electron chi connectivity index (χ0n) is 9.71. The van der Waals surface area contributed by atoms with Crippen molar-refractivity contribution < 1.29 is 8.78 Å². The third-order valence-corrected chi connectivity index (χ3v) is 3.61. The van der Waals surface area contributed by atoms with E-state index in [4.69, 9.17) is 0 Å². The maximum Gasteiger partial charge on any atom is 0.161 e. The molecule has 0 amide bonds. The lowest BCUT2D eigenvalue weighted by Crippen LogP contribution is -2.12. The highest BCUT2D eigenvalue weighted by molar-refractivity contribution is 8.14. The highest BCUT2D eigenvalue weighted by atomic mass is 32.2. The van der Waals surface area contributed by atoms with E-state index in [-0.39, 0.29) is 11.7 Å². The summed E-state index contributed by atoms with van der Waals surface area (Å²) in [4.78, 5) is 4.45. The molecule has 0 radical (unpaired) electrons. The summed E-state index contributed by atoms with van der Waals surface area (Å²) in [6.45, 7) is 4.21. The van der Waals surface area contributed by atoms with Crippen molar-refractivity contribution in [3.63, 3.8) is 0 Å². The normalized spacial score (nSPS) is 19.6. The van der Waals surface area contributed by atoms with E-state index in [1.54, 1.807) is 11.8 Å². The minimum absolute atomic E-state index is 0.266. The number of halogens is 2. The van der Waals surface area contributed by atoms with Crippen LogP contribution in [0.5, 0.6) is 0 Å². The lowest BCUT2D eigenvalue weighted by molar-refractivity contribution is 0.543. The third-order valence-electron chi connectivity index (χ3n) is 2.62. The van der Waals surface area contributed by atoms with Crippen molar-refractivity contribution in [1.29, 1.82) is 0 Å². The van der Waals surface area contributed by atoms with Crippen molar-refractivity contribution in [2.24, 2.45) is 10.9 Å². The van der Waals surface area contributed by atoms with Crippen LogP contribution in [0.4, 0.5) is 14.5 Å². The van der Waals surface area contributed by atoms with Crippen LogP contribution in [0, 0.1) is 17.6 Å². The molecule has 2 rings (SSSR count). The number of hydrogen-bond donors (Lipinski definition) is 1. The first-order chi connectivity index (χ1) is 8.06. The maximum atomic E-state index is 13.4. The second-order valence-electron chi connectivity index (χ2n) is 4.31. The molecule has 2 nitrogen and oxygen atoms in total. The molecule has 5 heteroatoms. The fourth-order valence-electron chi connectivity index (χ4n) is 1.51. The summed E-state index contributed by atoms with van der Waals surface area (Å²) in [5.74, 6) is 0.207. The van der Waals surface area contributed by atoms with Crippen LogP contribution >= 0.6 is 11.8 Å². The van der Waals surface area contributed by atoms with Crippen molar-refractivity contribution in [2.45, 2.75) is 19.9 Å². The third kappa shape index (κ3) is 2.97. The zero-order chi connectivity index (χ0) is 12.4. The molecule has 92 valence electrons. The van der Waals surface area contributed by atoms with Gasteiger partial charge in [0.05, 0.1) is 11.7 Å². The van der Waals surface area contributed by atoms with Gasteiger partial charge in [0.15, 0.2) is 5.17 Å². The Hall–Kier alpha value is -1.10. The van der Waals surface area contributed by atoms with E-state index in [2.05, 4.69) is 24.2 Å². The van der Waals surface area contributed by atoms with Gasteiger partial charge in [0.1, 0.15) is 11.6 Å². The molecule has 1 aromatic carbocycles. The number of nitrogens with zero attached hydrogens (tertiary/aromatic N) is 1. The van der Waals surface area contributed by atoms with Crippen LogP contribution in [0.15, 0.2) is 23.2 Å². The van der Waals surface area contributed by atoms with E-state index in [0.29, 0.717) is 11.1 Å². The average molecular weight is 256 g/mol. The molecule has 0 aromatic heterocycles. The number of thioether (sulfide) groups is 1. The molecule has 0 fully saturated rings. The average Bonchev–Trinajstić information content (AvgIpc) is 2.71. The van der Waals surface area contributed by atoms with Gasteiger partial charge >= 0.3 is 0 Å². The summed E-state index contributed by atoms with van der Waals surface area (Å²) in [7, 11) is 0. The van der Waals surface area contributed by atoms with Gasteiger partial charge in [0.2, 0.25) is 0 Å². The number of benzene rings is 1. The van der Waals surface area contributed by atoms with Gasteiger partial charge in [-0.05, 0) is 18.1 Å². The van der Waals surface area contributed by atoms with E-state index in [1.807, 2.05) is 0 Å². The molecule has 1 N–H and O–H groups in total. The first-order valence-corrected chi connectivity index (χ1v) is 6.47. The minimum atomic E-state index is -0.596. The summed E-state index contributed by atoms with van der Waals surface area (Å²) in [6, 6.07) is 3.75. The zero-order valence-corrected chi connectivity index (χ0v) is 10.5. The predicted molar refractivity (Wildman–Crippen MR) is 68.5 cm³/mol. The Kier molecular flexibility index (Phi) is 3.66. The van der Waals surface area contributed by atoms with Gasteiger partial charge in [-0.2, -0.15) is 0 Å². The van der Waals surface area contributed by atoms with Crippen LogP contribution in [0.2, 0.25) is 0 Å². The van der Waals surface area contributed by atoms with Crippen LogP contribution in [0.3, 0.4) is 0 Å². The van der Waals surface area contributed by atoms with Gasteiger partial charge in [0, 0.05) is 11.8 Å². The van der Waals surface area contributed by atoms with Crippen molar-refractivity contribution in [2.75, 3.05) is 11.1 Å². The summed E-state index contributed by atoms with van der Waals surface area (Å²) in [5.41, 5.74) is 0.266. The van der Waals surface area contributed by atoms with Crippen molar-refractivity contribution in [3.8, 4) is 0 Å². The molecular formula is C12H14F2N2S. The lowest BCUT2D eigenvalue weighted by atomic mass is 10.1. The van der Waals surface area contributed by atoms with Crippen LogP contribution in [-0.2, 0) is 0 Å². The molecule has 0 spiro atoms. The Morgan fingerprint density at radius 2 is 2.18 bits per heavy atom. The molecule has 1 heterocycles. The van der Waals surface area contributed by atoms with Gasteiger partial charge in [0.25, 0.3) is 0 Å². The summed E-state index contributed by atoms with van der Waals surface area (Å²) < 4.78 is 26.1. The first kappa shape index (κ1) is 12.4. The number of hydrogen-bond acceptors (Lipinski definition) is 3. The Morgan fingerprint density at radius 3 is 2.76 bits per heavy atom. The van der Waals surface area contributed by atoms with Gasteiger partial charge in [-0.1, -0.05) is 25.6 Å². The number of nitrogens with one attached hydrogen (secondary N) is 1. The monoisotopic (exact) mass is 256 g/mol. The number of amidine groups is 1. The van der Waals surface area contributed by atoms with Gasteiger partial charge in [-0.3, -0.25) is 4.99 Å². The minimum Gasteiger partial charge on any atom is -0.333 e. The molecule has 0 bridgehead atoms. The molecule has 1 aliphatic heterocycles. The maximum absolute atomic E-state index is 13.4. The fourth-order valence-corrected chi connectivity index (χ4v) is 2.69. The van der Waals surface area contributed by atoms with E-state index < -0.39 is 11.6 Å². The molecule has 17 heavy (non-hydrogen) atoms. The number of rotatable bonds is 2. The summed E-state index contributed by atoms with van der Waals surface area (Å²) >= 11 is 1.57. The molecule has 1 atom stereocenters. The molecule has 0 unspecified atom stereocenters. The number of anilines is 1. The smallest absolute Gasteiger partial charge is 0.161 e. The first-order valence-electron chi connectivity index (χ1n) is 5.49. The van der Waals surface area contributed by atoms with Crippen molar-refractivity contribution in [1.82, 2.24) is 0 Å². The highest BCUT2D eigenvalue weighted by Gasteiger charge is 2.21. The van der Waals surface area contributed by atoms with Crippen LogP contribution < -0.4 is 5.32 Å². The van der Waals surface area contributed by atoms with E-state index in [9.17, 15) is 8.78 Å². The second-order valence-corrected chi connectivity index (χ2v) is 5.31. The van der Waals surface area contributed by atoms with Crippen LogP contribution in [0.25, 0.3) is 0 Å². The molecule has 1 aliphatic rings.